The highest BCUT2D eigenvalue weighted by atomic mass is 19.3. The second-order valence-electron chi connectivity index (χ2n) is 3.66. The van der Waals surface area contributed by atoms with E-state index in [1.165, 1.54) is 0 Å². The van der Waals surface area contributed by atoms with Crippen molar-refractivity contribution in [3.63, 3.8) is 0 Å². The fraction of sp³-hybridized carbons (Fsp3) is 1.00. The summed E-state index contributed by atoms with van der Waals surface area (Å²) in [5.41, 5.74) is -0.587. The topological polar surface area (TPSA) is 0 Å². The molecule has 0 spiro atoms. The zero-order valence-electron chi connectivity index (χ0n) is 7.29. The molecule has 1 aliphatic carbocycles. The summed E-state index contributed by atoms with van der Waals surface area (Å²) in [5, 5.41) is 0. The fourth-order valence-electron chi connectivity index (χ4n) is 2.01. The summed E-state index contributed by atoms with van der Waals surface area (Å²) in [7, 11) is 0. The molecule has 1 rings (SSSR count). The molecular weight excluding hydrogens is 146 g/mol. The molecule has 0 bridgehead atoms. The highest BCUT2D eigenvalue weighted by molar-refractivity contribution is 5.09. The van der Waals surface area contributed by atoms with Crippen molar-refractivity contribution in [1.29, 1.82) is 0 Å². The molecule has 0 N–H and O–H groups in total. The highest BCUT2D eigenvalue weighted by Crippen LogP contribution is 2.65. The van der Waals surface area contributed by atoms with E-state index in [4.69, 9.17) is 0 Å². The zero-order chi connectivity index (χ0) is 8.54. The van der Waals surface area contributed by atoms with Gasteiger partial charge in [0.1, 0.15) is 0 Å². The lowest BCUT2D eigenvalue weighted by molar-refractivity contribution is 0.0559. The Kier molecular flexibility index (Phi) is 2.22. The van der Waals surface area contributed by atoms with Gasteiger partial charge in [-0.3, -0.25) is 0 Å². The third-order valence-corrected chi connectivity index (χ3v) is 2.67. The Bertz CT molecular complexity index is 134. The van der Waals surface area contributed by atoms with Gasteiger partial charge in [-0.05, 0) is 12.8 Å². The van der Waals surface area contributed by atoms with Crippen LogP contribution in [-0.4, -0.2) is 5.92 Å². The van der Waals surface area contributed by atoms with Crippen LogP contribution >= 0.6 is 0 Å². The van der Waals surface area contributed by atoms with E-state index in [-0.39, 0.29) is 6.42 Å². The lowest BCUT2D eigenvalue weighted by atomic mass is 9.94. The predicted molar refractivity (Wildman–Crippen MR) is 41.8 cm³/mol. The summed E-state index contributed by atoms with van der Waals surface area (Å²) >= 11 is 0. The smallest absolute Gasteiger partial charge is 0.206 e. The normalized spacial score (nSPS) is 25.1. The molecule has 0 aliphatic heterocycles. The van der Waals surface area contributed by atoms with Crippen molar-refractivity contribution in [2.45, 2.75) is 51.9 Å². The van der Waals surface area contributed by atoms with Crippen LogP contribution in [0.4, 0.5) is 8.78 Å². The van der Waals surface area contributed by atoms with Crippen LogP contribution < -0.4 is 0 Å². The van der Waals surface area contributed by atoms with Crippen LogP contribution in [0.3, 0.4) is 0 Å². The van der Waals surface area contributed by atoms with E-state index in [2.05, 4.69) is 0 Å². The van der Waals surface area contributed by atoms with Crippen molar-refractivity contribution < 1.29 is 8.78 Å². The van der Waals surface area contributed by atoms with Crippen LogP contribution in [0, 0.1) is 5.41 Å². The first kappa shape index (κ1) is 8.95. The molecule has 0 aromatic rings. The van der Waals surface area contributed by atoms with E-state index < -0.39 is 11.3 Å². The minimum atomic E-state index is -2.33. The van der Waals surface area contributed by atoms with Crippen LogP contribution in [0.1, 0.15) is 46.0 Å². The molecule has 0 unspecified atom stereocenters. The molecule has 0 atom stereocenters. The van der Waals surface area contributed by atoms with Crippen LogP contribution in [0.5, 0.6) is 0 Å². The average Bonchev–Trinajstić information content (AvgIpc) is 2.35. The van der Waals surface area contributed by atoms with Crippen LogP contribution in [0.2, 0.25) is 0 Å². The molecule has 0 aromatic heterocycles. The SMILES string of the molecule is CCCC1(CCC)CC1(F)F. The molecule has 66 valence electrons. The van der Waals surface area contributed by atoms with Gasteiger partial charge in [0.25, 0.3) is 5.92 Å². The first-order chi connectivity index (χ1) is 5.08. The largest absolute Gasteiger partial charge is 0.254 e. The molecule has 0 heterocycles. The Hall–Kier alpha value is -0.140. The summed E-state index contributed by atoms with van der Waals surface area (Å²) in [6, 6.07) is 0. The molecule has 0 radical (unpaired) electrons. The van der Waals surface area contributed by atoms with Gasteiger partial charge in [-0.1, -0.05) is 26.7 Å². The van der Waals surface area contributed by atoms with Gasteiger partial charge in [-0.15, -0.1) is 0 Å². The quantitative estimate of drug-likeness (QED) is 0.592. The van der Waals surface area contributed by atoms with Crippen LogP contribution in [-0.2, 0) is 0 Å². The molecule has 1 fully saturated rings. The molecule has 1 saturated carbocycles. The Morgan fingerprint density at radius 3 is 1.64 bits per heavy atom. The lowest BCUT2D eigenvalue weighted by Gasteiger charge is -2.13. The molecule has 0 nitrogen and oxygen atoms in total. The Balaban J connectivity index is 2.48. The molecule has 11 heavy (non-hydrogen) atoms. The summed E-state index contributed by atoms with van der Waals surface area (Å²) in [4.78, 5) is 0. The van der Waals surface area contributed by atoms with Crippen molar-refractivity contribution in [2.24, 2.45) is 5.41 Å². The Morgan fingerprint density at radius 1 is 1.09 bits per heavy atom. The molecule has 0 amide bonds. The van der Waals surface area contributed by atoms with E-state index in [9.17, 15) is 8.78 Å². The second kappa shape index (κ2) is 2.72. The number of halogens is 2. The predicted octanol–water partition coefficient (Wildman–Crippen LogP) is 3.61. The van der Waals surface area contributed by atoms with E-state index >= 15 is 0 Å². The van der Waals surface area contributed by atoms with Crippen molar-refractivity contribution in [3.05, 3.63) is 0 Å². The number of rotatable bonds is 4. The minimum absolute atomic E-state index is 0.141. The first-order valence-electron chi connectivity index (χ1n) is 4.46. The van der Waals surface area contributed by atoms with Crippen molar-refractivity contribution >= 4 is 0 Å². The monoisotopic (exact) mass is 162 g/mol. The maximum absolute atomic E-state index is 12.8. The van der Waals surface area contributed by atoms with Crippen molar-refractivity contribution in [1.82, 2.24) is 0 Å². The molecule has 1 aliphatic rings. The lowest BCUT2D eigenvalue weighted by Crippen LogP contribution is -2.10. The summed E-state index contributed by atoms with van der Waals surface area (Å²) in [6.45, 7) is 3.96. The van der Waals surface area contributed by atoms with Crippen molar-refractivity contribution in [2.75, 3.05) is 0 Å². The van der Waals surface area contributed by atoms with Crippen LogP contribution in [0.15, 0.2) is 0 Å². The molecule has 0 saturated heterocycles. The van der Waals surface area contributed by atoms with E-state index in [1.54, 1.807) is 0 Å². The number of hydrogen-bond acceptors (Lipinski definition) is 0. The van der Waals surface area contributed by atoms with E-state index in [0.29, 0.717) is 12.8 Å². The Morgan fingerprint density at radius 2 is 1.45 bits per heavy atom. The standard InChI is InChI=1S/C9H16F2/c1-3-5-8(6-4-2)7-9(8,10)11/h3-7H2,1-2H3. The van der Waals surface area contributed by atoms with Gasteiger partial charge in [-0.2, -0.15) is 0 Å². The first-order valence-corrected chi connectivity index (χ1v) is 4.46. The van der Waals surface area contributed by atoms with Gasteiger partial charge in [0.2, 0.25) is 0 Å². The third kappa shape index (κ3) is 1.40. The number of hydrogen-bond donors (Lipinski definition) is 0. The summed E-state index contributed by atoms with van der Waals surface area (Å²) in [6.07, 6.45) is 3.31. The molecule has 0 aromatic carbocycles. The van der Waals surface area contributed by atoms with E-state index in [1.807, 2.05) is 13.8 Å². The van der Waals surface area contributed by atoms with Gasteiger partial charge in [0, 0.05) is 11.8 Å². The zero-order valence-corrected chi connectivity index (χ0v) is 7.29. The fourth-order valence-corrected chi connectivity index (χ4v) is 2.01. The highest BCUT2D eigenvalue weighted by Gasteiger charge is 2.68. The van der Waals surface area contributed by atoms with Gasteiger partial charge in [0.05, 0.1) is 0 Å². The Labute approximate surface area is 67.0 Å². The third-order valence-electron chi connectivity index (χ3n) is 2.67. The second-order valence-corrected chi connectivity index (χ2v) is 3.66. The minimum Gasteiger partial charge on any atom is -0.206 e. The van der Waals surface area contributed by atoms with E-state index in [0.717, 1.165) is 12.8 Å². The van der Waals surface area contributed by atoms with Gasteiger partial charge >= 0.3 is 0 Å². The van der Waals surface area contributed by atoms with Gasteiger partial charge in [0.15, 0.2) is 0 Å². The number of alkyl halides is 2. The summed E-state index contributed by atoms with van der Waals surface area (Å²) < 4.78 is 25.7. The maximum atomic E-state index is 12.8. The average molecular weight is 162 g/mol. The maximum Gasteiger partial charge on any atom is 0.254 e. The van der Waals surface area contributed by atoms with Crippen LogP contribution in [0.25, 0.3) is 0 Å². The van der Waals surface area contributed by atoms with Gasteiger partial charge < -0.3 is 0 Å². The van der Waals surface area contributed by atoms with Gasteiger partial charge in [-0.25, -0.2) is 8.78 Å². The summed E-state index contributed by atoms with van der Waals surface area (Å²) in [5.74, 6) is -2.33. The molecular formula is C9H16F2. The molecule has 2 heteroatoms. The van der Waals surface area contributed by atoms with Crippen molar-refractivity contribution in [3.8, 4) is 0 Å².